The topological polar surface area (TPSA) is 33.4 Å². The molecule has 0 spiro atoms. The number of hydrogen-bond donors (Lipinski definition) is 0. The Morgan fingerprint density at radius 1 is 0.848 bits per heavy atom. The number of amidine groups is 1. The maximum absolute atomic E-state index is 6.46. The number of aromatic nitrogens is 2. The van der Waals surface area contributed by atoms with Gasteiger partial charge in [0.2, 0.25) is 0 Å². The molecule has 0 aliphatic carbocycles. The number of anilines is 1. The second-order valence-corrected chi connectivity index (χ2v) is 9.27. The van der Waals surface area contributed by atoms with Crippen molar-refractivity contribution in [3.05, 3.63) is 110 Å². The van der Waals surface area contributed by atoms with E-state index in [0.717, 1.165) is 45.4 Å². The van der Waals surface area contributed by atoms with Crippen molar-refractivity contribution in [3.63, 3.8) is 0 Å². The standard InChI is InChI=1S/C26H17Cl3N4/c1-15-24-25(17-6-12-20(28)21(29)14-17)32-22-5-3-2-4-16(22)7-13-23(32)30-26(24)33(31-15)19-10-8-18(27)9-11-19/h2-14,25H,1H3/t25-/m1/s1. The van der Waals surface area contributed by atoms with E-state index in [1.807, 2.05) is 72.3 Å². The van der Waals surface area contributed by atoms with Crippen molar-refractivity contribution in [2.24, 2.45) is 4.99 Å². The molecule has 162 valence electrons. The molecular formula is C26H17Cl3N4. The molecule has 7 heteroatoms. The van der Waals surface area contributed by atoms with Crippen LogP contribution in [0.4, 0.5) is 11.5 Å². The van der Waals surface area contributed by atoms with E-state index < -0.39 is 0 Å². The van der Waals surface area contributed by atoms with Crippen molar-refractivity contribution in [2.45, 2.75) is 13.0 Å². The van der Waals surface area contributed by atoms with Gasteiger partial charge in [-0.05, 0) is 72.7 Å². The minimum absolute atomic E-state index is 0.172. The molecule has 33 heavy (non-hydrogen) atoms. The average molecular weight is 492 g/mol. The highest BCUT2D eigenvalue weighted by atomic mass is 35.5. The third-order valence-corrected chi connectivity index (χ3v) is 7.01. The number of aryl methyl sites for hydroxylation is 1. The molecule has 2 aliphatic rings. The summed E-state index contributed by atoms with van der Waals surface area (Å²) in [6.07, 6.45) is 4.14. The number of hydrogen-bond acceptors (Lipinski definition) is 3. The summed E-state index contributed by atoms with van der Waals surface area (Å²) in [5.74, 6) is 1.63. The number of halogens is 3. The van der Waals surface area contributed by atoms with E-state index in [0.29, 0.717) is 15.1 Å². The molecule has 0 N–H and O–H groups in total. The molecule has 3 aromatic carbocycles. The van der Waals surface area contributed by atoms with Gasteiger partial charge in [-0.15, -0.1) is 0 Å². The van der Waals surface area contributed by atoms with Gasteiger partial charge in [0, 0.05) is 10.6 Å². The molecule has 0 bridgehead atoms. The summed E-state index contributed by atoms with van der Waals surface area (Å²) in [4.78, 5) is 7.31. The van der Waals surface area contributed by atoms with Gasteiger partial charge >= 0.3 is 0 Å². The van der Waals surface area contributed by atoms with Crippen LogP contribution in [0.3, 0.4) is 0 Å². The zero-order valence-electron chi connectivity index (χ0n) is 17.5. The Morgan fingerprint density at radius 3 is 2.42 bits per heavy atom. The van der Waals surface area contributed by atoms with Gasteiger partial charge in [-0.3, -0.25) is 0 Å². The van der Waals surface area contributed by atoms with Gasteiger partial charge in [0.15, 0.2) is 5.82 Å². The Balaban J connectivity index is 1.63. The molecule has 0 saturated heterocycles. The minimum atomic E-state index is -0.172. The van der Waals surface area contributed by atoms with Crippen molar-refractivity contribution >= 4 is 58.2 Å². The SMILES string of the molecule is Cc1nn(-c2ccc(Cl)cc2)c2c1[C@@H](c1ccc(Cl)c(Cl)c1)N1C(=N2)C=Cc2ccccc21. The predicted molar refractivity (Wildman–Crippen MR) is 137 cm³/mol. The second-order valence-electron chi connectivity index (χ2n) is 8.02. The molecular weight excluding hydrogens is 475 g/mol. The first-order valence-corrected chi connectivity index (χ1v) is 11.6. The quantitative estimate of drug-likeness (QED) is 0.286. The van der Waals surface area contributed by atoms with Crippen LogP contribution in [-0.4, -0.2) is 15.6 Å². The van der Waals surface area contributed by atoms with Crippen molar-refractivity contribution < 1.29 is 0 Å². The number of para-hydroxylation sites is 1. The lowest BCUT2D eigenvalue weighted by molar-refractivity contribution is 0.813. The first kappa shape index (κ1) is 20.5. The monoisotopic (exact) mass is 490 g/mol. The maximum atomic E-state index is 6.46. The molecule has 2 aliphatic heterocycles. The molecule has 0 saturated carbocycles. The Hall–Kier alpha value is -3.05. The van der Waals surface area contributed by atoms with Crippen LogP contribution in [0.5, 0.6) is 0 Å². The fourth-order valence-electron chi connectivity index (χ4n) is 4.53. The average Bonchev–Trinajstić information content (AvgIpc) is 3.16. The van der Waals surface area contributed by atoms with Crippen LogP contribution in [0, 0.1) is 6.92 Å². The van der Waals surface area contributed by atoms with Crippen LogP contribution in [0.25, 0.3) is 11.8 Å². The first-order valence-electron chi connectivity index (χ1n) is 10.5. The van der Waals surface area contributed by atoms with Crippen molar-refractivity contribution in [1.82, 2.24) is 9.78 Å². The Bertz CT molecular complexity index is 1470. The third kappa shape index (κ3) is 3.29. The summed E-state index contributed by atoms with van der Waals surface area (Å²) < 4.78 is 1.88. The maximum Gasteiger partial charge on any atom is 0.163 e. The molecule has 6 rings (SSSR count). The number of benzene rings is 3. The zero-order chi connectivity index (χ0) is 22.7. The second kappa shape index (κ2) is 7.77. The Morgan fingerprint density at radius 2 is 1.64 bits per heavy atom. The van der Waals surface area contributed by atoms with E-state index in [2.05, 4.69) is 23.1 Å². The van der Waals surface area contributed by atoms with E-state index >= 15 is 0 Å². The fraction of sp³-hybridized carbons (Fsp3) is 0.0769. The van der Waals surface area contributed by atoms with Crippen LogP contribution < -0.4 is 4.90 Å². The van der Waals surface area contributed by atoms with Gasteiger partial charge in [0.25, 0.3) is 0 Å². The molecule has 1 atom stereocenters. The highest BCUT2D eigenvalue weighted by molar-refractivity contribution is 6.42. The normalized spacial score (nSPS) is 16.2. The van der Waals surface area contributed by atoms with Crippen LogP contribution in [0.1, 0.15) is 28.4 Å². The van der Waals surface area contributed by atoms with E-state index in [1.54, 1.807) is 0 Å². The minimum Gasteiger partial charge on any atom is -0.314 e. The molecule has 3 heterocycles. The molecule has 0 radical (unpaired) electrons. The molecule has 0 unspecified atom stereocenters. The predicted octanol–water partition coefficient (Wildman–Crippen LogP) is 7.81. The molecule has 0 fully saturated rings. The van der Waals surface area contributed by atoms with Gasteiger partial charge in [0.05, 0.1) is 33.2 Å². The molecule has 0 amide bonds. The van der Waals surface area contributed by atoms with Crippen molar-refractivity contribution in [3.8, 4) is 5.69 Å². The highest BCUT2D eigenvalue weighted by Crippen LogP contribution is 2.47. The van der Waals surface area contributed by atoms with Crippen molar-refractivity contribution in [1.29, 1.82) is 0 Å². The lowest BCUT2D eigenvalue weighted by atomic mass is 9.92. The van der Waals surface area contributed by atoms with Gasteiger partial charge in [0.1, 0.15) is 5.84 Å². The summed E-state index contributed by atoms with van der Waals surface area (Å²) >= 11 is 18.8. The summed E-state index contributed by atoms with van der Waals surface area (Å²) in [6.45, 7) is 2.02. The lowest BCUT2D eigenvalue weighted by Gasteiger charge is -2.39. The molecule has 4 aromatic rings. The largest absolute Gasteiger partial charge is 0.314 e. The van der Waals surface area contributed by atoms with E-state index in [1.165, 1.54) is 0 Å². The number of fused-ring (bicyclic) bond motifs is 4. The fourth-order valence-corrected chi connectivity index (χ4v) is 4.96. The Kier molecular flexibility index (Phi) is 4.84. The van der Waals surface area contributed by atoms with Gasteiger partial charge < -0.3 is 4.90 Å². The van der Waals surface area contributed by atoms with Crippen LogP contribution in [0.15, 0.2) is 77.8 Å². The van der Waals surface area contributed by atoms with Gasteiger partial charge in [-0.25, -0.2) is 9.67 Å². The number of aliphatic imine (C=N–C) groups is 1. The highest BCUT2D eigenvalue weighted by Gasteiger charge is 2.38. The number of rotatable bonds is 2. The smallest absolute Gasteiger partial charge is 0.163 e. The van der Waals surface area contributed by atoms with Crippen LogP contribution in [-0.2, 0) is 0 Å². The first-order chi connectivity index (χ1) is 16.0. The Labute approximate surface area is 206 Å². The molecule has 1 aromatic heterocycles. The number of nitrogens with zero attached hydrogens (tertiary/aromatic N) is 4. The molecule has 4 nitrogen and oxygen atoms in total. The zero-order valence-corrected chi connectivity index (χ0v) is 19.8. The van der Waals surface area contributed by atoms with E-state index in [-0.39, 0.29) is 6.04 Å². The van der Waals surface area contributed by atoms with Crippen molar-refractivity contribution in [2.75, 3.05) is 4.90 Å². The summed E-state index contributed by atoms with van der Waals surface area (Å²) in [7, 11) is 0. The van der Waals surface area contributed by atoms with Crippen LogP contribution in [0.2, 0.25) is 15.1 Å². The third-order valence-electron chi connectivity index (χ3n) is 6.02. The van der Waals surface area contributed by atoms with E-state index in [4.69, 9.17) is 44.9 Å². The summed E-state index contributed by atoms with van der Waals surface area (Å²) in [6, 6.07) is 21.5. The van der Waals surface area contributed by atoms with E-state index in [9.17, 15) is 0 Å². The van der Waals surface area contributed by atoms with Gasteiger partial charge in [-0.2, -0.15) is 5.10 Å². The van der Waals surface area contributed by atoms with Crippen LogP contribution >= 0.6 is 34.8 Å². The summed E-state index contributed by atoms with van der Waals surface area (Å²) in [5, 5.41) is 6.60. The van der Waals surface area contributed by atoms with Gasteiger partial charge in [-0.1, -0.05) is 59.1 Å². The summed E-state index contributed by atoms with van der Waals surface area (Å²) in [5.41, 5.74) is 6.05. The lowest BCUT2D eigenvalue weighted by Crippen LogP contribution is -2.38.